The average molecular weight is 431 g/mol. The van der Waals surface area contributed by atoms with E-state index < -0.39 is 10.0 Å². The number of sulfonamides is 1. The monoisotopic (exact) mass is 430 g/mol. The molecule has 0 aliphatic carbocycles. The van der Waals surface area contributed by atoms with Crippen LogP contribution >= 0.6 is 11.3 Å². The summed E-state index contributed by atoms with van der Waals surface area (Å²) in [6.45, 7) is 1.97. The Labute approximate surface area is 173 Å². The standard InChI is InChI=1S/C20H22N4O3S2/c25-20(18-11-15-5-8-22-13-19(15)28-18)23-12-14-1-3-17(4-2-14)29(26,27)24-16-6-9-21-10-7-16/h1-5,8,11,13,16,21,24H,6-7,9-10,12H2,(H,23,25). The molecule has 0 radical (unpaired) electrons. The van der Waals surface area contributed by atoms with E-state index in [1.54, 1.807) is 36.7 Å². The number of amides is 1. The van der Waals surface area contributed by atoms with Crippen LogP contribution < -0.4 is 15.4 Å². The van der Waals surface area contributed by atoms with Gasteiger partial charge in [0.1, 0.15) is 0 Å². The molecule has 1 amide bonds. The molecular weight excluding hydrogens is 408 g/mol. The van der Waals surface area contributed by atoms with Gasteiger partial charge in [-0.15, -0.1) is 11.3 Å². The Morgan fingerprint density at radius 1 is 1.17 bits per heavy atom. The van der Waals surface area contributed by atoms with E-state index in [2.05, 4.69) is 20.3 Å². The number of pyridine rings is 1. The van der Waals surface area contributed by atoms with Crippen molar-refractivity contribution in [2.24, 2.45) is 0 Å². The van der Waals surface area contributed by atoms with E-state index in [9.17, 15) is 13.2 Å². The van der Waals surface area contributed by atoms with Gasteiger partial charge in [0, 0.05) is 25.0 Å². The van der Waals surface area contributed by atoms with Crippen molar-refractivity contribution in [2.75, 3.05) is 13.1 Å². The van der Waals surface area contributed by atoms with Crippen LogP contribution in [0.1, 0.15) is 28.1 Å². The molecule has 0 spiro atoms. The molecule has 4 rings (SSSR count). The smallest absolute Gasteiger partial charge is 0.261 e. The van der Waals surface area contributed by atoms with Gasteiger partial charge in [-0.25, -0.2) is 13.1 Å². The van der Waals surface area contributed by atoms with Crippen molar-refractivity contribution >= 4 is 37.4 Å². The molecule has 1 saturated heterocycles. The highest BCUT2D eigenvalue weighted by molar-refractivity contribution is 7.89. The first-order valence-electron chi connectivity index (χ1n) is 9.45. The minimum Gasteiger partial charge on any atom is -0.347 e. The molecule has 3 heterocycles. The first-order valence-corrected chi connectivity index (χ1v) is 11.7. The van der Waals surface area contributed by atoms with Gasteiger partial charge in [-0.3, -0.25) is 9.78 Å². The number of rotatable bonds is 6. The predicted octanol–water partition coefficient (Wildman–Crippen LogP) is 2.26. The quantitative estimate of drug-likeness (QED) is 0.557. The van der Waals surface area contributed by atoms with Crippen LogP contribution in [-0.4, -0.2) is 38.4 Å². The van der Waals surface area contributed by atoms with Crippen LogP contribution in [0.2, 0.25) is 0 Å². The number of fused-ring (bicyclic) bond motifs is 1. The highest BCUT2D eigenvalue weighted by Gasteiger charge is 2.21. The van der Waals surface area contributed by atoms with Crippen LogP contribution in [0, 0.1) is 0 Å². The van der Waals surface area contributed by atoms with Crippen molar-refractivity contribution in [2.45, 2.75) is 30.3 Å². The molecule has 1 aliphatic heterocycles. The predicted molar refractivity (Wildman–Crippen MR) is 113 cm³/mol. The van der Waals surface area contributed by atoms with Crippen molar-refractivity contribution < 1.29 is 13.2 Å². The number of benzene rings is 1. The number of carbonyl (C=O) groups is 1. The SMILES string of the molecule is O=C(NCc1ccc(S(=O)(=O)NC2CCNCC2)cc1)c1cc2ccncc2s1. The van der Waals surface area contributed by atoms with E-state index >= 15 is 0 Å². The summed E-state index contributed by atoms with van der Waals surface area (Å²) in [5.74, 6) is -0.157. The summed E-state index contributed by atoms with van der Waals surface area (Å²) in [5.41, 5.74) is 0.835. The second-order valence-electron chi connectivity index (χ2n) is 7.00. The molecule has 7 nitrogen and oxygen atoms in total. The summed E-state index contributed by atoms with van der Waals surface area (Å²) >= 11 is 1.40. The summed E-state index contributed by atoms with van der Waals surface area (Å²) in [4.78, 5) is 17.3. The minimum absolute atomic E-state index is 0.0308. The Morgan fingerprint density at radius 3 is 2.66 bits per heavy atom. The summed E-state index contributed by atoms with van der Waals surface area (Å²) in [7, 11) is -3.54. The number of hydrogen-bond acceptors (Lipinski definition) is 6. The van der Waals surface area contributed by atoms with Crippen molar-refractivity contribution in [1.29, 1.82) is 0 Å². The summed E-state index contributed by atoms with van der Waals surface area (Å²) in [5, 5.41) is 7.09. The first kappa shape index (κ1) is 20.0. The van der Waals surface area contributed by atoms with E-state index in [1.807, 2.05) is 12.1 Å². The number of carbonyl (C=O) groups excluding carboxylic acids is 1. The number of hydrogen-bond donors (Lipinski definition) is 3. The molecule has 152 valence electrons. The Bertz CT molecular complexity index is 1070. The van der Waals surface area contributed by atoms with Crippen LogP contribution in [0.25, 0.3) is 10.1 Å². The second kappa shape index (κ2) is 8.58. The molecule has 1 aromatic carbocycles. The molecule has 2 aromatic heterocycles. The summed E-state index contributed by atoms with van der Waals surface area (Å²) < 4.78 is 28.8. The molecule has 3 N–H and O–H groups in total. The zero-order valence-electron chi connectivity index (χ0n) is 15.7. The van der Waals surface area contributed by atoms with Crippen molar-refractivity contribution in [1.82, 2.24) is 20.3 Å². The fraction of sp³-hybridized carbons (Fsp3) is 0.300. The Kier molecular flexibility index (Phi) is 5.91. The summed E-state index contributed by atoms with van der Waals surface area (Å²) in [6.07, 6.45) is 5.02. The van der Waals surface area contributed by atoms with Crippen molar-refractivity contribution in [3.05, 3.63) is 59.2 Å². The third kappa shape index (κ3) is 4.81. The molecule has 1 aliphatic rings. The van der Waals surface area contributed by atoms with E-state index in [4.69, 9.17) is 0 Å². The van der Waals surface area contributed by atoms with Gasteiger partial charge in [-0.2, -0.15) is 0 Å². The molecule has 9 heteroatoms. The summed E-state index contributed by atoms with van der Waals surface area (Å²) in [6, 6.07) is 10.3. The van der Waals surface area contributed by atoms with Gasteiger partial charge in [0.2, 0.25) is 10.0 Å². The molecule has 0 atom stereocenters. The number of aromatic nitrogens is 1. The van der Waals surface area contributed by atoms with Crippen molar-refractivity contribution in [3.8, 4) is 0 Å². The van der Waals surface area contributed by atoms with Crippen LogP contribution in [0.15, 0.2) is 53.7 Å². The van der Waals surface area contributed by atoms with Gasteiger partial charge < -0.3 is 10.6 Å². The molecule has 1 fully saturated rings. The fourth-order valence-corrected chi connectivity index (χ4v) is 5.53. The number of nitrogens with one attached hydrogen (secondary N) is 3. The Hall–Kier alpha value is -2.33. The third-order valence-electron chi connectivity index (χ3n) is 4.89. The maximum Gasteiger partial charge on any atom is 0.261 e. The third-order valence-corrected chi connectivity index (χ3v) is 7.52. The Morgan fingerprint density at radius 2 is 1.93 bits per heavy atom. The topological polar surface area (TPSA) is 100 Å². The zero-order valence-corrected chi connectivity index (χ0v) is 17.4. The lowest BCUT2D eigenvalue weighted by Gasteiger charge is -2.23. The largest absolute Gasteiger partial charge is 0.347 e. The molecule has 29 heavy (non-hydrogen) atoms. The molecule has 0 bridgehead atoms. The fourth-order valence-electron chi connectivity index (χ4n) is 3.28. The maximum atomic E-state index is 12.5. The van der Waals surface area contributed by atoms with Gasteiger partial charge in [-0.1, -0.05) is 12.1 Å². The highest BCUT2D eigenvalue weighted by atomic mass is 32.2. The lowest BCUT2D eigenvalue weighted by atomic mass is 10.1. The number of thiophene rings is 1. The lowest BCUT2D eigenvalue weighted by molar-refractivity contribution is 0.0955. The van der Waals surface area contributed by atoms with Gasteiger partial charge in [0.05, 0.1) is 14.5 Å². The van der Waals surface area contributed by atoms with Crippen molar-refractivity contribution in [3.63, 3.8) is 0 Å². The highest BCUT2D eigenvalue weighted by Crippen LogP contribution is 2.24. The minimum atomic E-state index is -3.54. The van der Waals surface area contributed by atoms with Crippen LogP contribution in [0.4, 0.5) is 0 Å². The maximum absolute atomic E-state index is 12.5. The van der Waals surface area contributed by atoms with Gasteiger partial charge in [0.15, 0.2) is 0 Å². The molecule has 0 unspecified atom stereocenters. The van der Waals surface area contributed by atoms with Gasteiger partial charge in [0.25, 0.3) is 5.91 Å². The molecular formula is C20H22N4O3S2. The van der Waals surface area contributed by atoms with Crippen LogP contribution in [0.3, 0.4) is 0 Å². The zero-order chi connectivity index (χ0) is 20.3. The van der Waals surface area contributed by atoms with E-state index in [-0.39, 0.29) is 16.8 Å². The molecule has 3 aromatic rings. The second-order valence-corrected chi connectivity index (χ2v) is 9.79. The van der Waals surface area contributed by atoms with Gasteiger partial charge in [-0.05, 0) is 61.1 Å². The van der Waals surface area contributed by atoms with E-state index in [0.29, 0.717) is 11.4 Å². The van der Waals surface area contributed by atoms with Crippen LogP contribution in [0.5, 0.6) is 0 Å². The number of piperidine rings is 1. The lowest BCUT2D eigenvalue weighted by Crippen LogP contribution is -2.42. The van der Waals surface area contributed by atoms with Gasteiger partial charge >= 0.3 is 0 Å². The average Bonchev–Trinajstić information content (AvgIpc) is 3.17. The van der Waals surface area contributed by atoms with E-state index in [1.165, 1.54) is 11.3 Å². The molecule has 0 saturated carbocycles. The normalized spacial score (nSPS) is 15.4. The number of nitrogens with zero attached hydrogens (tertiary/aromatic N) is 1. The first-order chi connectivity index (χ1) is 14.0. The van der Waals surface area contributed by atoms with Crippen LogP contribution in [-0.2, 0) is 16.6 Å². The Balaban J connectivity index is 1.37. The van der Waals surface area contributed by atoms with E-state index in [0.717, 1.165) is 41.6 Å².